The molecule has 0 bridgehead atoms. The molecule has 0 spiro atoms. The average Bonchev–Trinajstić information content (AvgIpc) is 2.97. The van der Waals surface area contributed by atoms with Crippen LogP contribution in [0, 0.1) is 5.92 Å². The topological polar surface area (TPSA) is 75.7 Å². The second-order valence-corrected chi connectivity index (χ2v) is 7.66. The Morgan fingerprint density at radius 1 is 1.00 bits per heavy atom. The molecule has 2 saturated heterocycles. The van der Waals surface area contributed by atoms with Gasteiger partial charge < -0.3 is 10.1 Å². The van der Waals surface area contributed by atoms with E-state index in [1.165, 1.54) is 32.8 Å². The van der Waals surface area contributed by atoms with Gasteiger partial charge in [0.05, 0.1) is 19.1 Å². The molecule has 0 aromatic carbocycles. The molecular formula is C19H30N2O4. The minimum Gasteiger partial charge on any atom is -0.467 e. The SMILES string of the molecule is COC(=O)C12NC(=O)C3CCCN3CCCCCCCCCC1C2=O. The monoisotopic (exact) mass is 350 g/mol. The van der Waals surface area contributed by atoms with Crippen molar-refractivity contribution in [3.63, 3.8) is 0 Å². The Morgan fingerprint density at radius 3 is 2.36 bits per heavy atom. The fraction of sp³-hybridized carbons (Fsp3) is 0.842. The zero-order valence-electron chi connectivity index (χ0n) is 15.2. The van der Waals surface area contributed by atoms with E-state index in [0.717, 1.165) is 45.2 Å². The Morgan fingerprint density at radius 2 is 1.64 bits per heavy atom. The molecule has 25 heavy (non-hydrogen) atoms. The van der Waals surface area contributed by atoms with E-state index >= 15 is 0 Å². The fourth-order valence-electron chi connectivity index (χ4n) is 4.53. The van der Waals surface area contributed by atoms with Crippen molar-refractivity contribution in [3.8, 4) is 0 Å². The number of hydrogen-bond donors (Lipinski definition) is 1. The van der Waals surface area contributed by atoms with E-state index in [2.05, 4.69) is 10.2 Å². The summed E-state index contributed by atoms with van der Waals surface area (Å²) in [7, 11) is 1.28. The lowest BCUT2D eigenvalue weighted by Crippen LogP contribution is -2.53. The molecule has 3 unspecified atom stereocenters. The van der Waals surface area contributed by atoms with Crippen molar-refractivity contribution in [2.24, 2.45) is 5.92 Å². The third-order valence-electron chi connectivity index (χ3n) is 6.08. The summed E-state index contributed by atoms with van der Waals surface area (Å²) in [5, 5.41) is 2.80. The van der Waals surface area contributed by atoms with Crippen LogP contribution in [0.4, 0.5) is 0 Å². The molecule has 3 rings (SSSR count). The van der Waals surface area contributed by atoms with Crippen LogP contribution in [-0.4, -0.2) is 54.3 Å². The van der Waals surface area contributed by atoms with E-state index in [9.17, 15) is 14.4 Å². The van der Waals surface area contributed by atoms with Gasteiger partial charge in [-0.3, -0.25) is 14.5 Å². The molecule has 3 fully saturated rings. The quantitative estimate of drug-likeness (QED) is 0.577. The maximum atomic E-state index is 12.8. The number of nitrogens with one attached hydrogen (secondary N) is 1. The first-order valence-corrected chi connectivity index (χ1v) is 9.80. The molecule has 6 nitrogen and oxygen atoms in total. The van der Waals surface area contributed by atoms with Crippen LogP contribution in [0.15, 0.2) is 0 Å². The Balaban J connectivity index is 1.76. The van der Waals surface area contributed by atoms with Crippen LogP contribution in [0.2, 0.25) is 0 Å². The highest BCUT2D eigenvalue weighted by molar-refractivity contribution is 6.26. The number of ether oxygens (including phenoxy) is 1. The minimum absolute atomic E-state index is 0.177. The number of fused-ring (bicyclic) bond motifs is 2. The lowest BCUT2D eigenvalue weighted by atomic mass is 10.0. The number of hydrogen-bond acceptors (Lipinski definition) is 5. The number of rotatable bonds is 1. The number of ketones is 1. The lowest BCUT2D eigenvalue weighted by molar-refractivity contribution is -0.148. The van der Waals surface area contributed by atoms with Gasteiger partial charge in [0, 0.05) is 0 Å². The van der Waals surface area contributed by atoms with Crippen LogP contribution in [0.5, 0.6) is 0 Å². The molecule has 2 aliphatic heterocycles. The summed E-state index contributed by atoms with van der Waals surface area (Å²) in [6, 6.07) is -0.222. The van der Waals surface area contributed by atoms with Crippen LogP contribution in [0.25, 0.3) is 0 Å². The first-order valence-electron chi connectivity index (χ1n) is 9.80. The second-order valence-electron chi connectivity index (χ2n) is 7.66. The number of amides is 1. The summed E-state index contributed by atoms with van der Waals surface area (Å²) in [6.45, 7) is 1.83. The number of carbonyl (C=O) groups excluding carboxylic acids is 3. The first-order chi connectivity index (χ1) is 12.1. The minimum atomic E-state index is -1.42. The molecule has 1 amide bonds. The molecule has 1 saturated carbocycles. The molecule has 2 heterocycles. The van der Waals surface area contributed by atoms with Gasteiger partial charge in [-0.1, -0.05) is 38.5 Å². The average molecular weight is 350 g/mol. The van der Waals surface area contributed by atoms with Crippen molar-refractivity contribution in [3.05, 3.63) is 0 Å². The predicted molar refractivity (Wildman–Crippen MR) is 92.9 cm³/mol. The standard InChI is InChI=1S/C19H30N2O4/c1-25-18(24)19-14(16(19)22)10-7-5-3-2-4-6-8-12-21-13-9-11-15(21)17(23)20-19/h14-15H,2-13H2,1H3,(H,20,23). The van der Waals surface area contributed by atoms with E-state index in [0.29, 0.717) is 6.42 Å². The van der Waals surface area contributed by atoms with Crippen LogP contribution >= 0.6 is 0 Å². The van der Waals surface area contributed by atoms with E-state index in [1.807, 2.05) is 0 Å². The molecular weight excluding hydrogens is 320 g/mol. The van der Waals surface area contributed by atoms with E-state index in [1.54, 1.807) is 0 Å². The van der Waals surface area contributed by atoms with Crippen molar-refractivity contribution in [1.29, 1.82) is 0 Å². The summed E-state index contributed by atoms with van der Waals surface area (Å²) in [4.78, 5) is 39.8. The summed E-state index contributed by atoms with van der Waals surface area (Å²) in [5.41, 5.74) is -1.42. The summed E-state index contributed by atoms with van der Waals surface area (Å²) < 4.78 is 4.87. The predicted octanol–water partition coefficient (Wildman–Crippen LogP) is 1.81. The van der Waals surface area contributed by atoms with E-state index in [4.69, 9.17) is 4.74 Å². The molecule has 1 aliphatic carbocycles. The van der Waals surface area contributed by atoms with E-state index < -0.39 is 17.4 Å². The van der Waals surface area contributed by atoms with Gasteiger partial charge >= 0.3 is 5.97 Å². The second kappa shape index (κ2) is 7.85. The highest BCUT2D eigenvalue weighted by Crippen LogP contribution is 2.44. The van der Waals surface area contributed by atoms with Crippen LogP contribution < -0.4 is 5.32 Å². The number of carbonyl (C=O) groups is 3. The third-order valence-corrected chi connectivity index (χ3v) is 6.08. The zero-order chi connectivity index (χ0) is 17.9. The number of nitrogens with zero attached hydrogens (tertiary/aromatic N) is 1. The molecule has 0 aromatic rings. The van der Waals surface area contributed by atoms with Crippen LogP contribution in [-0.2, 0) is 19.1 Å². The van der Waals surface area contributed by atoms with Gasteiger partial charge in [-0.15, -0.1) is 0 Å². The van der Waals surface area contributed by atoms with Crippen molar-refractivity contribution >= 4 is 17.7 Å². The molecule has 6 heteroatoms. The van der Waals surface area contributed by atoms with Crippen molar-refractivity contribution in [1.82, 2.24) is 10.2 Å². The van der Waals surface area contributed by atoms with Crippen LogP contribution in [0.3, 0.4) is 0 Å². The normalized spacial score (nSPS) is 34.9. The highest BCUT2D eigenvalue weighted by Gasteiger charge is 2.72. The molecule has 0 radical (unpaired) electrons. The number of methoxy groups -OCH3 is 1. The summed E-state index contributed by atoms with van der Waals surface area (Å²) >= 11 is 0. The van der Waals surface area contributed by atoms with Crippen molar-refractivity contribution < 1.29 is 19.1 Å². The third kappa shape index (κ3) is 3.59. The van der Waals surface area contributed by atoms with Gasteiger partial charge in [0.1, 0.15) is 0 Å². The number of esters is 1. The maximum absolute atomic E-state index is 12.8. The Hall–Kier alpha value is -1.43. The van der Waals surface area contributed by atoms with Gasteiger partial charge in [0.2, 0.25) is 11.4 Å². The van der Waals surface area contributed by atoms with Gasteiger partial charge in [-0.2, -0.15) is 0 Å². The molecule has 1 N–H and O–H groups in total. The fourth-order valence-corrected chi connectivity index (χ4v) is 4.53. The van der Waals surface area contributed by atoms with Crippen molar-refractivity contribution in [2.45, 2.75) is 75.8 Å². The van der Waals surface area contributed by atoms with Gasteiger partial charge in [0.15, 0.2) is 5.78 Å². The lowest BCUT2D eigenvalue weighted by Gasteiger charge is -2.25. The van der Waals surface area contributed by atoms with E-state index in [-0.39, 0.29) is 17.7 Å². The molecule has 0 aromatic heterocycles. The summed E-state index contributed by atoms with van der Waals surface area (Å²) in [6.07, 6.45) is 10.4. The Labute approximate surface area is 149 Å². The van der Waals surface area contributed by atoms with Gasteiger partial charge in [-0.05, 0) is 38.8 Å². The summed E-state index contributed by atoms with van der Waals surface area (Å²) in [5.74, 6) is -1.38. The van der Waals surface area contributed by atoms with Crippen molar-refractivity contribution in [2.75, 3.05) is 20.2 Å². The molecule has 3 atom stereocenters. The van der Waals surface area contributed by atoms with Gasteiger partial charge in [0.25, 0.3) is 0 Å². The Bertz CT molecular complexity index is 536. The largest absolute Gasteiger partial charge is 0.467 e. The smallest absolute Gasteiger partial charge is 0.340 e. The first kappa shape index (κ1) is 18.4. The molecule has 140 valence electrons. The molecule has 3 aliphatic rings. The van der Waals surface area contributed by atoms with Gasteiger partial charge in [-0.25, -0.2) is 4.79 Å². The maximum Gasteiger partial charge on any atom is 0.340 e. The zero-order valence-corrected chi connectivity index (χ0v) is 15.2. The highest BCUT2D eigenvalue weighted by atomic mass is 16.5. The van der Waals surface area contributed by atoms with Crippen LogP contribution in [0.1, 0.15) is 64.2 Å². The number of Topliss-reactive ketones (excluding diaryl/α,β-unsaturated/α-hetero) is 1. The Kier molecular flexibility index (Phi) is 5.77.